The molecule has 0 aliphatic heterocycles. The summed E-state index contributed by atoms with van der Waals surface area (Å²) in [6.45, 7) is 4.29. The maximum absolute atomic E-state index is 10.4. The minimum atomic E-state index is -0.977. The van der Waals surface area contributed by atoms with Gasteiger partial charge in [0.25, 0.3) is 0 Å². The number of carboxylic acid groups (broad SMARTS) is 1. The first kappa shape index (κ1) is 13.6. The van der Waals surface area contributed by atoms with E-state index in [9.17, 15) is 4.79 Å². The zero-order valence-corrected chi connectivity index (χ0v) is 9.23. The predicted molar refractivity (Wildman–Crippen MR) is 60.8 cm³/mol. The second-order valence-electron chi connectivity index (χ2n) is 3.50. The molecule has 0 saturated heterocycles. The number of nitrogens with zero attached hydrogens (tertiary/aromatic N) is 1. The van der Waals surface area contributed by atoms with Gasteiger partial charge in [0.05, 0.1) is 5.84 Å². The Morgan fingerprint density at radius 3 is 2.60 bits per heavy atom. The number of rotatable bonds is 6. The number of amidine groups is 1. The molecule has 0 heterocycles. The van der Waals surface area contributed by atoms with E-state index in [-0.39, 0.29) is 0 Å². The van der Waals surface area contributed by atoms with Crippen molar-refractivity contribution in [2.24, 2.45) is 16.5 Å². The fraction of sp³-hybridized carbons (Fsp3) is 0.600. The van der Waals surface area contributed by atoms with Crippen molar-refractivity contribution in [1.82, 2.24) is 0 Å². The molecule has 1 atom stereocenters. The minimum absolute atomic E-state index is 0.354. The van der Waals surface area contributed by atoms with Gasteiger partial charge in [0, 0.05) is 6.54 Å². The Bertz CT molecular complexity index is 268. The standard InChI is InChI=1S/C10H19N3O2/c1-7(5-6-13-8(2)11)3-4-9(12)10(14)15/h3,9H,4-6,12H2,1-2H3,(H2,11,13)(H,14,15)/b7-3-/t9-/m0/s1. The van der Waals surface area contributed by atoms with Crippen molar-refractivity contribution in [3.63, 3.8) is 0 Å². The average Bonchev–Trinajstić information content (AvgIpc) is 2.13. The van der Waals surface area contributed by atoms with Crippen molar-refractivity contribution >= 4 is 11.8 Å². The second kappa shape index (κ2) is 7.00. The SMILES string of the molecule is CC(N)=NCC/C(C)=C\C[C@H](N)C(=O)O. The molecular weight excluding hydrogens is 194 g/mol. The summed E-state index contributed by atoms with van der Waals surface area (Å²) in [7, 11) is 0. The van der Waals surface area contributed by atoms with Gasteiger partial charge in [0.1, 0.15) is 6.04 Å². The van der Waals surface area contributed by atoms with Crippen LogP contribution in [0.3, 0.4) is 0 Å². The van der Waals surface area contributed by atoms with E-state index in [0.717, 1.165) is 12.0 Å². The highest BCUT2D eigenvalue weighted by atomic mass is 16.4. The van der Waals surface area contributed by atoms with Crippen LogP contribution in [0, 0.1) is 0 Å². The third-order valence-corrected chi connectivity index (χ3v) is 1.90. The second-order valence-corrected chi connectivity index (χ2v) is 3.50. The summed E-state index contributed by atoms with van der Waals surface area (Å²) in [5.74, 6) is -0.417. The third kappa shape index (κ3) is 7.69. The zero-order valence-electron chi connectivity index (χ0n) is 9.23. The van der Waals surface area contributed by atoms with E-state index in [4.69, 9.17) is 16.6 Å². The van der Waals surface area contributed by atoms with Crippen molar-refractivity contribution in [2.45, 2.75) is 32.7 Å². The number of hydrogen-bond acceptors (Lipinski definition) is 3. The molecule has 0 aromatic carbocycles. The Kier molecular flexibility index (Phi) is 6.37. The third-order valence-electron chi connectivity index (χ3n) is 1.90. The van der Waals surface area contributed by atoms with E-state index in [1.807, 2.05) is 13.0 Å². The van der Waals surface area contributed by atoms with Crippen molar-refractivity contribution < 1.29 is 9.90 Å². The number of aliphatic carboxylic acids is 1. The van der Waals surface area contributed by atoms with Crippen molar-refractivity contribution in [1.29, 1.82) is 0 Å². The van der Waals surface area contributed by atoms with Crippen LogP contribution in [0.25, 0.3) is 0 Å². The van der Waals surface area contributed by atoms with Crippen LogP contribution in [-0.4, -0.2) is 29.5 Å². The molecule has 0 fully saturated rings. The van der Waals surface area contributed by atoms with Crippen molar-refractivity contribution in [2.75, 3.05) is 6.54 Å². The molecule has 86 valence electrons. The zero-order chi connectivity index (χ0) is 11.8. The van der Waals surface area contributed by atoms with Gasteiger partial charge in [-0.15, -0.1) is 0 Å². The van der Waals surface area contributed by atoms with Crippen LogP contribution >= 0.6 is 0 Å². The van der Waals surface area contributed by atoms with Crippen LogP contribution in [0.15, 0.2) is 16.6 Å². The van der Waals surface area contributed by atoms with Crippen LogP contribution in [0.5, 0.6) is 0 Å². The molecule has 0 radical (unpaired) electrons. The van der Waals surface area contributed by atoms with E-state index in [2.05, 4.69) is 4.99 Å². The highest BCUT2D eigenvalue weighted by molar-refractivity contribution is 5.77. The quantitative estimate of drug-likeness (QED) is 0.339. The van der Waals surface area contributed by atoms with Gasteiger partial charge in [-0.05, 0) is 26.7 Å². The normalized spacial score (nSPS) is 15.1. The summed E-state index contributed by atoms with van der Waals surface area (Å²) in [4.78, 5) is 14.5. The molecule has 0 spiro atoms. The summed E-state index contributed by atoms with van der Waals surface area (Å²) in [5.41, 5.74) is 11.8. The van der Waals surface area contributed by atoms with Gasteiger partial charge in [0.2, 0.25) is 0 Å². The van der Waals surface area contributed by atoms with Gasteiger partial charge in [-0.1, -0.05) is 11.6 Å². The van der Waals surface area contributed by atoms with Gasteiger partial charge >= 0.3 is 5.97 Å². The van der Waals surface area contributed by atoms with E-state index < -0.39 is 12.0 Å². The molecule has 0 unspecified atom stereocenters. The molecule has 5 N–H and O–H groups in total. The summed E-state index contributed by atoms with van der Waals surface area (Å²) in [5, 5.41) is 8.55. The lowest BCUT2D eigenvalue weighted by Gasteiger charge is -2.03. The maximum atomic E-state index is 10.4. The van der Waals surface area contributed by atoms with E-state index in [0.29, 0.717) is 18.8 Å². The molecule has 15 heavy (non-hydrogen) atoms. The Labute approximate surface area is 89.9 Å². The number of nitrogens with two attached hydrogens (primary N) is 2. The smallest absolute Gasteiger partial charge is 0.320 e. The highest BCUT2D eigenvalue weighted by Gasteiger charge is 2.08. The summed E-state index contributed by atoms with van der Waals surface area (Å²) in [6, 6.07) is -0.820. The monoisotopic (exact) mass is 213 g/mol. The Hall–Kier alpha value is -1.36. The average molecular weight is 213 g/mol. The molecule has 5 heteroatoms. The minimum Gasteiger partial charge on any atom is -0.480 e. The molecule has 0 amide bonds. The Morgan fingerprint density at radius 2 is 2.13 bits per heavy atom. The fourth-order valence-corrected chi connectivity index (χ4v) is 0.940. The Morgan fingerprint density at radius 1 is 1.53 bits per heavy atom. The van der Waals surface area contributed by atoms with Crippen molar-refractivity contribution in [3.05, 3.63) is 11.6 Å². The molecule has 0 aliphatic carbocycles. The van der Waals surface area contributed by atoms with Gasteiger partial charge in [-0.3, -0.25) is 9.79 Å². The topological polar surface area (TPSA) is 102 Å². The van der Waals surface area contributed by atoms with E-state index >= 15 is 0 Å². The number of hydrogen-bond donors (Lipinski definition) is 3. The molecule has 5 nitrogen and oxygen atoms in total. The van der Waals surface area contributed by atoms with E-state index in [1.54, 1.807) is 6.92 Å². The molecule has 0 aromatic rings. The van der Waals surface area contributed by atoms with Crippen molar-refractivity contribution in [3.8, 4) is 0 Å². The van der Waals surface area contributed by atoms with Crippen LogP contribution in [0.2, 0.25) is 0 Å². The Balaban J connectivity index is 3.89. The van der Waals surface area contributed by atoms with Gasteiger partial charge in [0.15, 0.2) is 0 Å². The maximum Gasteiger partial charge on any atom is 0.320 e. The largest absolute Gasteiger partial charge is 0.480 e. The summed E-state index contributed by atoms with van der Waals surface area (Å²) >= 11 is 0. The lowest BCUT2D eigenvalue weighted by molar-refractivity contribution is -0.138. The van der Waals surface area contributed by atoms with Gasteiger partial charge in [-0.25, -0.2) is 0 Å². The molecular formula is C10H19N3O2. The predicted octanol–water partition coefficient (Wildman–Crippen LogP) is 0.502. The molecule has 0 bridgehead atoms. The first-order chi connectivity index (χ1) is 6.93. The molecule has 0 aromatic heterocycles. The first-order valence-corrected chi connectivity index (χ1v) is 4.84. The highest BCUT2D eigenvalue weighted by Crippen LogP contribution is 2.03. The van der Waals surface area contributed by atoms with Gasteiger partial charge < -0.3 is 16.6 Å². The number of aliphatic imine (C=N–C) groups is 1. The lowest BCUT2D eigenvalue weighted by Crippen LogP contribution is -2.29. The molecule has 0 rings (SSSR count). The van der Waals surface area contributed by atoms with Crippen LogP contribution in [-0.2, 0) is 4.79 Å². The molecule has 0 saturated carbocycles. The molecule has 0 aliphatic rings. The first-order valence-electron chi connectivity index (χ1n) is 4.84. The number of carbonyl (C=O) groups is 1. The summed E-state index contributed by atoms with van der Waals surface area (Å²) in [6.07, 6.45) is 2.97. The van der Waals surface area contributed by atoms with Gasteiger partial charge in [-0.2, -0.15) is 0 Å². The van der Waals surface area contributed by atoms with Crippen LogP contribution in [0.4, 0.5) is 0 Å². The fourth-order valence-electron chi connectivity index (χ4n) is 0.940. The van der Waals surface area contributed by atoms with Crippen LogP contribution in [0.1, 0.15) is 26.7 Å². The van der Waals surface area contributed by atoms with E-state index in [1.165, 1.54) is 0 Å². The number of carboxylic acids is 1. The summed E-state index contributed by atoms with van der Waals surface area (Å²) < 4.78 is 0. The van der Waals surface area contributed by atoms with Crippen LogP contribution < -0.4 is 11.5 Å². The lowest BCUT2D eigenvalue weighted by atomic mass is 10.1.